The smallest absolute Gasteiger partial charge is 0.0696 e. The molecule has 3 heterocycles. The summed E-state index contributed by atoms with van der Waals surface area (Å²) in [5.41, 5.74) is 6.14. The van der Waals surface area contributed by atoms with Gasteiger partial charge in [-0.05, 0) is 58.0 Å². The zero-order valence-corrected chi connectivity index (χ0v) is 22.6. The van der Waals surface area contributed by atoms with Crippen molar-refractivity contribution in [1.29, 1.82) is 0 Å². The van der Waals surface area contributed by atoms with Crippen LogP contribution < -0.4 is 4.98 Å². The number of aliphatic imine (C=N–C) groups is 1. The van der Waals surface area contributed by atoms with Crippen LogP contribution in [-0.4, -0.2) is 11.2 Å². The van der Waals surface area contributed by atoms with Crippen LogP contribution in [0.1, 0.15) is 11.3 Å². The molecule has 0 N–H and O–H groups in total. The monoisotopic (exact) mass is 694 g/mol. The Morgan fingerprint density at radius 3 is 2.40 bits per heavy atom. The third-order valence-electron chi connectivity index (χ3n) is 5.39. The van der Waals surface area contributed by atoms with E-state index in [0.717, 1.165) is 38.3 Å². The van der Waals surface area contributed by atoms with Crippen molar-refractivity contribution in [3.8, 4) is 11.3 Å². The van der Waals surface area contributed by atoms with Gasteiger partial charge in [0.15, 0.2) is 0 Å². The number of hydrogen-bond donors (Lipinski definition) is 0. The number of hydrogen-bond acceptors (Lipinski definition) is 2. The molecule has 0 fully saturated rings. The molecule has 0 saturated carbocycles. The molecule has 5 aromatic rings. The van der Waals surface area contributed by atoms with Crippen LogP contribution in [0.4, 0.5) is 0 Å². The summed E-state index contributed by atoms with van der Waals surface area (Å²) in [6, 6.07) is 33.6. The van der Waals surface area contributed by atoms with Gasteiger partial charge < -0.3 is 9.97 Å². The van der Waals surface area contributed by atoms with Gasteiger partial charge in [-0.25, -0.2) is 0 Å². The fraction of sp³-hybridized carbons (Fsp3) is 0. The summed E-state index contributed by atoms with van der Waals surface area (Å²) < 4.78 is 1.07. The molecule has 1 radical (unpaired) electrons. The molecule has 6 rings (SSSR count). The summed E-state index contributed by atoms with van der Waals surface area (Å²) in [5.74, 6) is 0. The average molecular weight is 695 g/mol. The predicted molar refractivity (Wildman–Crippen MR) is 144 cm³/mol. The summed E-state index contributed by atoms with van der Waals surface area (Å²) in [4.78, 5) is 13.2. The van der Waals surface area contributed by atoms with Crippen molar-refractivity contribution in [3.63, 3.8) is 0 Å². The summed E-state index contributed by atoms with van der Waals surface area (Å²) >= 11 is 3.45. The molecule has 0 saturated heterocycles. The van der Waals surface area contributed by atoms with Crippen molar-refractivity contribution in [1.82, 2.24) is 9.97 Å². The van der Waals surface area contributed by atoms with Gasteiger partial charge in [0.1, 0.15) is 0 Å². The molecule has 1 aliphatic heterocycles. The summed E-state index contributed by atoms with van der Waals surface area (Å²) in [5, 5.41) is 2.39. The molecule has 0 spiro atoms. The molecule has 0 atom stereocenters. The standard InChI is InChI=1S/C15H10BrN2.C15H10N.Ir/c16-12-7-5-11(6-8-12)15(13-3-1-9-17-13)14-4-2-10-18-14;1-2-7-13(8-3-1)15-14-9-5-4-6-12(14)10-11-16-15;/h1-10H;1-7,9-11H;/q2*-1;/b15-13-;;. The van der Waals surface area contributed by atoms with E-state index in [0.29, 0.717) is 0 Å². The molecule has 5 heteroatoms. The second kappa shape index (κ2) is 11.9. The Hall–Kier alpha value is -3.37. The van der Waals surface area contributed by atoms with Crippen molar-refractivity contribution in [2.75, 3.05) is 0 Å². The van der Waals surface area contributed by atoms with Gasteiger partial charge in [-0.2, -0.15) is 6.20 Å². The SMILES string of the molecule is Brc1ccc(/C(=C2\C=CC=N2)c2ccc[n-]2)cc1.[Ir].[c-]1ccccc1-c1nccc2ccccc12. The van der Waals surface area contributed by atoms with E-state index < -0.39 is 0 Å². The normalized spacial score (nSPS) is 13.2. The van der Waals surface area contributed by atoms with E-state index in [9.17, 15) is 0 Å². The number of halogens is 1. The minimum absolute atomic E-state index is 0. The summed E-state index contributed by atoms with van der Waals surface area (Å²) in [6.45, 7) is 0. The largest absolute Gasteiger partial charge is 0.664 e. The molecular weight excluding hydrogens is 674 g/mol. The second-order valence-corrected chi connectivity index (χ2v) is 8.50. The van der Waals surface area contributed by atoms with E-state index in [4.69, 9.17) is 0 Å². The fourth-order valence-corrected chi connectivity index (χ4v) is 4.08. The average Bonchev–Trinajstić information content (AvgIpc) is 3.62. The predicted octanol–water partition coefficient (Wildman–Crippen LogP) is 7.51. The minimum atomic E-state index is 0. The van der Waals surface area contributed by atoms with Gasteiger partial charge in [0.25, 0.3) is 0 Å². The van der Waals surface area contributed by atoms with Crippen LogP contribution >= 0.6 is 15.9 Å². The van der Waals surface area contributed by atoms with Crippen LogP contribution in [-0.2, 0) is 20.1 Å². The van der Waals surface area contributed by atoms with Crippen LogP contribution in [0.5, 0.6) is 0 Å². The number of aromatic nitrogens is 2. The van der Waals surface area contributed by atoms with Gasteiger partial charge in [0.05, 0.1) is 5.70 Å². The van der Waals surface area contributed by atoms with E-state index >= 15 is 0 Å². The van der Waals surface area contributed by atoms with Gasteiger partial charge in [0, 0.05) is 37.0 Å². The maximum atomic E-state index is 4.45. The van der Waals surface area contributed by atoms with E-state index in [2.05, 4.69) is 61.2 Å². The van der Waals surface area contributed by atoms with E-state index in [1.807, 2.05) is 85.1 Å². The Labute approximate surface area is 226 Å². The molecular formula is C30H20BrIrN3-2. The first-order valence-corrected chi connectivity index (χ1v) is 11.7. The molecule has 3 aromatic carbocycles. The van der Waals surface area contributed by atoms with Gasteiger partial charge >= 0.3 is 0 Å². The van der Waals surface area contributed by atoms with Crippen LogP contribution in [0.25, 0.3) is 27.6 Å². The van der Waals surface area contributed by atoms with Crippen LogP contribution in [0.2, 0.25) is 0 Å². The number of rotatable bonds is 3. The Kier molecular flexibility index (Phi) is 8.38. The van der Waals surface area contributed by atoms with E-state index in [1.165, 1.54) is 10.8 Å². The Bertz CT molecular complexity index is 1470. The summed E-state index contributed by atoms with van der Waals surface area (Å²) in [6.07, 6.45) is 9.40. The Balaban J connectivity index is 0.000000161. The van der Waals surface area contributed by atoms with Gasteiger partial charge in [0.2, 0.25) is 0 Å². The molecule has 3 nitrogen and oxygen atoms in total. The van der Waals surface area contributed by atoms with Gasteiger partial charge in [-0.1, -0.05) is 64.5 Å². The third-order valence-corrected chi connectivity index (χ3v) is 5.92. The second-order valence-electron chi connectivity index (χ2n) is 7.58. The van der Waals surface area contributed by atoms with Crippen molar-refractivity contribution >= 4 is 38.5 Å². The summed E-state index contributed by atoms with van der Waals surface area (Å²) in [7, 11) is 0. The number of benzene rings is 3. The topological polar surface area (TPSA) is 39.4 Å². The molecule has 0 aliphatic carbocycles. The zero-order valence-electron chi connectivity index (χ0n) is 18.6. The first-order chi connectivity index (χ1) is 16.8. The Morgan fingerprint density at radius 1 is 0.857 bits per heavy atom. The maximum Gasteiger partial charge on any atom is 0.0696 e. The maximum absolute atomic E-state index is 4.45. The van der Waals surface area contributed by atoms with Crippen LogP contribution in [0.3, 0.4) is 0 Å². The van der Waals surface area contributed by atoms with Crippen LogP contribution in [0.15, 0.2) is 131 Å². The minimum Gasteiger partial charge on any atom is -0.664 e. The molecule has 2 aromatic heterocycles. The van der Waals surface area contributed by atoms with E-state index in [-0.39, 0.29) is 20.1 Å². The number of pyridine rings is 1. The first-order valence-electron chi connectivity index (χ1n) is 10.9. The number of nitrogens with zero attached hydrogens (tertiary/aromatic N) is 3. The van der Waals surface area contributed by atoms with Crippen molar-refractivity contribution < 1.29 is 20.1 Å². The molecule has 1 aliphatic rings. The Morgan fingerprint density at radius 2 is 1.69 bits per heavy atom. The van der Waals surface area contributed by atoms with Gasteiger partial charge in [-0.3, -0.25) is 4.99 Å². The fourth-order valence-electron chi connectivity index (χ4n) is 3.82. The van der Waals surface area contributed by atoms with E-state index in [1.54, 1.807) is 12.4 Å². The van der Waals surface area contributed by atoms with Gasteiger partial charge in [-0.15, -0.1) is 41.6 Å². The molecule has 0 unspecified atom stereocenters. The molecule has 173 valence electrons. The number of fused-ring (bicyclic) bond motifs is 1. The molecule has 0 amide bonds. The van der Waals surface area contributed by atoms with Crippen LogP contribution in [0, 0.1) is 6.07 Å². The number of allylic oxidation sites excluding steroid dienone is 2. The zero-order chi connectivity index (χ0) is 23.2. The quantitative estimate of drug-likeness (QED) is 0.184. The van der Waals surface area contributed by atoms with Crippen molar-refractivity contribution in [2.45, 2.75) is 0 Å². The molecule has 35 heavy (non-hydrogen) atoms. The third kappa shape index (κ3) is 5.83. The molecule has 0 bridgehead atoms. The van der Waals surface area contributed by atoms with Crippen molar-refractivity contribution in [2.24, 2.45) is 4.99 Å². The van der Waals surface area contributed by atoms with Crippen molar-refractivity contribution in [3.05, 3.63) is 143 Å². The first kappa shape index (κ1) is 24.7.